The molecule has 3 saturated heterocycles. The maximum atomic E-state index is 12.8. The second-order valence-electron chi connectivity index (χ2n) is 9.68. The number of nitrogens with zero attached hydrogens (tertiary/aromatic N) is 1. The van der Waals surface area contributed by atoms with Crippen LogP contribution in [0.1, 0.15) is 56.4 Å². The molecule has 33 heavy (non-hydrogen) atoms. The maximum absolute atomic E-state index is 12.8. The van der Waals surface area contributed by atoms with Gasteiger partial charge in [0.1, 0.15) is 18.0 Å². The van der Waals surface area contributed by atoms with Crippen LogP contribution in [-0.2, 0) is 19.1 Å². The number of carbonyl (C=O) groups excluding carboxylic acids is 2. The average molecular weight is 459 g/mol. The van der Waals surface area contributed by atoms with E-state index in [2.05, 4.69) is 5.32 Å². The Hall–Kier alpha value is -2.16. The summed E-state index contributed by atoms with van der Waals surface area (Å²) in [5.74, 6) is 0.914. The molecule has 2 N–H and O–H groups in total. The van der Waals surface area contributed by atoms with Crippen molar-refractivity contribution in [3.05, 3.63) is 23.8 Å². The van der Waals surface area contributed by atoms with E-state index in [0.29, 0.717) is 26.1 Å². The Balaban J connectivity index is 1.28. The molecule has 4 atom stereocenters. The lowest BCUT2D eigenvalue weighted by atomic mass is 9.84. The molecule has 1 aromatic rings. The summed E-state index contributed by atoms with van der Waals surface area (Å²) in [5.41, 5.74) is 1.77. The van der Waals surface area contributed by atoms with Gasteiger partial charge in [-0.05, 0) is 56.7 Å². The number of aliphatic hydroxyl groups is 1. The molecule has 0 saturated carbocycles. The fraction of sp³-hybridized carbons (Fsp3) is 0.680. The molecular weight excluding hydrogens is 424 g/mol. The zero-order valence-electron chi connectivity index (χ0n) is 19.0. The highest BCUT2D eigenvalue weighted by atomic mass is 16.6. The van der Waals surface area contributed by atoms with E-state index in [1.54, 1.807) is 0 Å². The molecule has 0 aliphatic carbocycles. The molecule has 180 valence electrons. The van der Waals surface area contributed by atoms with E-state index < -0.39 is 6.10 Å². The third kappa shape index (κ3) is 4.88. The highest BCUT2D eigenvalue weighted by Gasteiger charge is 2.46. The summed E-state index contributed by atoms with van der Waals surface area (Å²) in [7, 11) is 0. The number of likely N-dealkylation sites (tertiary alicyclic amines) is 1. The Morgan fingerprint density at radius 2 is 1.91 bits per heavy atom. The first-order valence-corrected chi connectivity index (χ1v) is 12.4. The summed E-state index contributed by atoms with van der Waals surface area (Å²) >= 11 is 0. The van der Waals surface area contributed by atoms with E-state index in [0.717, 1.165) is 55.8 Å². The minimum atomic E-state index is -0.476. The Morgan fingerprint density at radius 3 is 2.67 bits per heavy atom. The van der Waals surface area contributed by atoms with Gasteiger partial charge in [0.2, 0.25) is 11.8 Å². The van der Waals surface area contributed by atoms with Crippen LogP contribution in [-0.4, -0.2) is 73.0 Å². The van der Waals surface area contributed by atoms with Crippen LogP contribution in [0.2, 0.25) is 0 Å². The van der Waals surface area contributed by atoms with Crippen LogP contribution in [0, 0.1) is 5.92 Å². The Morgan fingerprint density at radius 1 is 1.12 bits per heavy atom. The molecule has 0 aromatic heterocycles. The summed E-state index contributed by atoms with van der Waals surface area (Å²) in [5, 5.41) is 13.0. The molecule has 4 aliphatic rings. The van der Waals surface area contributed by atoms with E-state index in [4.69, 9.17) is 14.2 Å². The van der Waals surface area contributed by atoms with Crippen LogP contribution >= 0.6 is 0 Å². The number of aliphatic hydroxyl groups excluding tert-OH is 1. The number of rotatable bonds is 5. The highest BCUT2D eigenvalue weighted by molar-refractivity contribution is 5.92. The lowest BCUT2D eigenvalue weighted by Crippen LogP contribution is -2.48. The summed E-state index contributed by atoms with van der Waals surface area (Å²) in [6.45, 7) is 2.74. The molecule has 0 unspecified atom stereocenters. The van der Waals surface area contributed by atoms with Gasteiger partial charge < -0.3 is 29.5 Å². The Kier molecular flexibility index (Phi) is 6.85. The number of hydrogen-bond donors (Lipinski definition) is 2. The van der Waals surface area contributed by atoms with Crippen molar-refractivity contribution < 1.29 is 28.9 Å². The van der Waals surface area contributed by atoms with Crippen molar-refractivity contribution in [1.82, 2.24) is 4.90 Å². The largest absolute Gasteiger partial charge is 0.487 e. The SMILES string of the molecule is O=C(Nc1ccc2c(c1)[C@H]1C[C@H](CC(=O)N3CCCCC3)O[C@@H](CO)[C@H]1O2)C1CCOCC1. The van der Waals surface area contributed by atoms with Crippen LogP contribution in [0.4, 0.5) is 5.69 Å². The van der Waals surface area contributed by atoms with Gasteiger partial charge in [0.25, 0.3) is 0 Å². The van der Waals surface area contributed by atoms with Crippen LogP contribution < -0.4 is 10.1 Å². The van der Waals surface area contributed by atoms with E-state index in [1.165, 1.54) is 6.42 Å². The van der Waals surface area contributed by atoms with E-state index in [-0.39, 0.29) is 42.5 Å². The number of carbonyl (C=O) groups is 2. The molecule has 3 fully saturated rings. The van der Waals surface area contributed by atoms with Gasteiger partial charge in [-0.15, -0.1) is 0 Å². The highest BCUT2D eigenvalue weighted by Crippen LogP contribution is 2.47. The minimum Gasteiger partial charge on any atom is -0.487 e. The number of piperidine rings is 1. The van der Waals surface area contributed by atoms with Crippen LogP contribution in [0.5, 0.6) is 5.75 Å². The Bertz CT molecular complexity index is 864. The second-order valence-corrected chi connectivity index (χ2v) is 9.68. The van der Waals surface area contributed by atoms with Crippen molar-refractivity contribution in [2.75, 3.05) is 38.2 Å². The smallest absolute Gasteiger partial charge is 0.227 e. The van der Waals surface area contributed by atoms with Crippen molar-refractivity contribution in [3.63, 3.8) is 0 Å². The molecular formula is C25H34N2O6. The standard InChI is InChI=1S/C25H34N2O6/c28-15-22-24-20(13-18(32-22)14-23(29)27-8-2-1-3-9-27)19-12-17(4-5-21(19)33-24)26-25(30)16-6-10-31-11-7-16/h4-5,12,16,18,20,22,24,28H,1-3,6-11,13-15H2,(H,26,30)/t18-,20-,22+,24+/m1/s1. The molecule has 4 aliphatic heterocycles. The van der Waals surface area contributed by atoms with Crippen LogP contribution in [0.15, 0.2) is 18.2 Å². The molecule has 8 nitrogen and oxygen atoms in total. The summed E-state index contributed by atoms with van der Waals surface area (Å²) < 4.78 is 17.6. The molecule has 8 heteroatoms. The molecule has 5 rings (SSSR count). The van der Waals surface area contributed by atoms with Gasteiger partial charge >= 0.3 is 0 Å². The van der Waals surface area contributed by atoms with Crippen molar-refractivity contribution in [1.29, 1.82) is 0 Å². The number of hydrogen-bond acceptors (Lipinski definition) is 6. The average Bonchev–Trinajstić information content (AvgIpc) is 3.22. The van der Waals surface area contributed by atoms with Gasteiger partial charge in [-0.1, -0.05) is 0 Å². The topological polar surface area (TPSA) is 97.3 Å². The number of benzene rings is 1. The molecule has 0 radical (unpaired) electrons. The van der Waals surface area contributed by atoms with E-state index in [9.17, 15) is 14.7 Å². The normalized spacial score (nSPS) is 29.7. The summed E-state index contributed by atoms with van der Waals surface area (Å²) in [4.78, 5) is 27.4. The van der Waals surface area contributed by atoms with Gasteiger partial charge in [-0.25, -0.2) is 0 Å². The van der Waals surface area contributed by atoms with E-state index >= 15 is 0 Å². The van der Waals surface area contributed by atoms with E-state index in [1.807, 2.05) is 23.1 Å². The predicted octanol–water partition coefficient (Wildman–Crippen LogP) is 2.45. The minimum absolute atomic E-state index is 0.0185. The number of anilines is 1. The fourth-order valence-corrected chi connectivity index (χ4v) is 5.64. The lowest BCUT2D eigenvalue weighted by molar-refractivity contribution is -0.149. The number of nitrogens with one attached hydrogen (secondary N) is 1. The lowest BCUT2D eigenvalue weighted by Gasteiger charge is -2.38. The number of amides is 2. The molecule has 0 bridgehead atoms. The third-order valence-corrected chi connectivity index (χ3v) is 7.47. The van der Waals surface area contributed by atoms with Gasteiger partial charge in [-0.2, -0.15) is 0 Å². The first kappa shape index (κ1) is 22.6. The number of fused-ring (bicyclic) bond motifs is 3. The molecule has 0 spiro atoms. The molecule has 1 aromatic carbocycles. The molecule has 2 amide bonds. The monoisotopic (exact) mass is 458 g/mol. The van der Waals surface area contributed by atoms with Crippen LogP contribution in [0.3, 0.4) is 0 Å². The van der Waals surface area contributed by atoms with Crippen molar-refractivity contribution in [3.8, 4) is 5.75 Å². The first-order valence-electron chi connectivity index (χ1n) is 12.4. The third-order valence-electron chi connectivity index (χ3n) is 7.47. The zero-order chi connectivity index (χ0) is 22.8. The van der Waals surface area contributed by atoms with Crippen molar-refractivity contribution >= 4 is 17.5 Å². The van der Waals surface area contributed by atoms with Gasteiger partial charge in [0, 0.05) is 49.4 Å². The Labute approximate surface area is 194 Å². The fourth-order valence-electron chi connectivity index (χ4n) is 5.64. The molecule has 4 heterocycles. The quantitative estimate of drug-likeness (QED) is 0.704. The summed E-state index contributed by atoms with van der Waals surface area (Å²) in [6, 6.07) is 5.73. The van der Waals surface area contributed by atoms with Gasteiger partial charge in [-0.3, -0.25) is 9.59 Å². The van der Waals surface area contributed by atoms with Crippen molar-refractivity contribution in [2.24, 2.45) is 5.92 Å². The zero-order valence-corrected chi connectivity index (χ0v) is 19.0. The van der Waals surface area contributed by atoms with Crippen molar-refractivity contribution in [2.45, 2.75) is 69.2 Å². The van der Waals surface area contributed by atoms with Gasteiger partial charge in [0.05, 0.1) is 19.1 Å². The van der Waals surface area contributed by atoms with Crippen LogP contribution in [0.25, 0.3) is 0 Å². The predicted molar refractivity (Wildman–Crippen MR) is 121 cm³/mol. The second kappa shape index (κ2) is 9.99. The maximum Gasteiger partial charge on any atom is 0.227 e. The first-order chi connectivity index (χ1) is 16.1. The van der Waals surface area contributed by atoms with Gasteiger partial charge in [0.15, 0.2) is 0 Å². The summed E-state index contributed by atoms with van der Waals surface area (Å²) in [6.07, 6.45) is 4.76. The number of ether oxygens (including phenoxy) is 3.